The minimum Gasteiger partial charge on any atom is -0.383 e. The van der Waals surface area contributed by atoms with Gasteiger partial charge in [0.05, 0.1) is 23.7 Å². The van der Waals surface area contributed by atoms with Crippen LogP contribution in [0.2, 0.25) is 0 Å². The number of amides is 1. The second-order valence-corrected chi connectivity index (χ2v) is 11.2. The molecule has 5 rings (SSSR count). The standard InChI is InChI=1S/C28H27F5N4O3S/c1-5-22(38)36-14(2)10-35(11-15(36)3)26-19-9-20(28(31,32)33)23(18-7-6-16(29)8-21(18)30)25-24(19)37(27(39)34-26)17(12-40-4)13-41-25/h5-9,14-15,17H,1,10-13H2,2-4H3/t14-,15+,17?. The summed E-state index contributed by atoms with van der Waals surface area (Å²) in [6, 6.07) is 2.03. The molecule has 1 amide bonds. The number of piperazine rings is 1. The van der Waals surface area contributed by atoms with E-state index in [1.165, 1.54) is 17.8 Å². The number of hydrogen-bond donors (Lipinski definition) is 0. The predicted octanol–water partition coefficient (Wildman–Crippen LogP) is 5.27. The van der Waals surface area contributed by atoms with Gasteiger partial charge in [0, 0.05) is 65.5 Å². The highest BCUT2D eigenvalue weighted by Gasteiger charge is 2.41. The van der Waals surface area contributed by atoms with Gasteiger partial charge in [-0.3, -0.25) is 9.36 Å². The highest BCUT2D eigenvalue weighted by Crippen LogP contribution is 2.50. The van der Waals surface area contributed by atoms with E-state index >= 15 is 4.39 Å². The maximum absolute atomic E-state index is 15.0. The van der Waals surface area contributed by atoms with Crippen LogP contribution in [0.4, 0.5) is 27.8 Å². The molecule has 218 valence electrons. The molecule has 13 heteroatoms. The predicted molar refractivity (Wildman–Crippen MR) is 146 cm³/mol. The molecule has 0 N–H and O–H groups in total. The van der Waals surface area contributed by atoms with Gasteiger partial charge in [0.2, 0.25) is 5.91 Å². The SMILES string of the molecule is C=CC(=O)N1[C@H](C)CN(c2nc(=O)n3c4c(c(-c5ccc(F)cc5F)c(C(F)(F)F)cc24)SCC3COC)C[C@@H]1C. The quantitative estimate of drug-likeness (QED) is 0.297. The molecule has 1 saturated heterocycles. The average Bonchev–Trinajstić information content (AvgIpc) is 2.90. The smallest absolute Gasteiger partial charge is 0.383 e. The van der Waals surface area contributed by atoms with Crippen molar-refractivity contribution in [2.45, 2.75) is 43.0 Å². The molecule has 2 aliphatic heterocycles. The van der Waals surface area contributed by atoms with Crippen LogP contribution in [0.15, 0.2) is 46.6 Å². The van der Waals surface area contributed by atoms with Crippen molar-refractivity contribution in [1.29, 1.82) is 0 Å². The second-order valence-electron chi connectivity index (χ2n) is 10.2. The van der Waals surface area contributed by atoms with Crippen LogP contribution < -0.4 is 10.6 Å². The van der Waals surface area contributed by atoms with Crippen LogP contribution >= 0.6 is 11.8 Å². The number of ether oxygens (including phenoxy) is 1. The first-order valence-electron chi connectivity index (χ1n) is 12.8. The van der Waals surface area contributed by atoms with Gasteiger partial charge in [-0.05, 0) is 38.1 Å². The Bertz CT molecular complexity index is 1600. The molecular formula is C28H27F5N4O3S. The molecule has 41 heavy (non-hydrogen) atoms. The fraction of sp³-hybridized carbons (Fsp3) is 0.393. The Labute approximate surface area is 236 Å². The van der Waals surface area contributed by atoms with Gasteiger partial charge >= 0.3 is 11.9 Å². The zero-order valence-electron chi connectivity index (χ0n) is 22.5. The Morgan fingerprint density at radius 3 is 2.46 bits per heavy atom. The number of carbonyl (C=O) groups is 1. The Kier molecular flexibility index (Phi) is 7.62. The summed E-state index contributed by atoms with van der Waals surface area (Å²) in [4.78, 5) is 33.6. The summed E-state index contributed by atoms with van der Waals surface area (Å²) >= 11 is 1.06. The number of carbonyl (C=O) groups excluding carboxylic acids is 1. The second kappa shape index (κ2) is 10.8. The van der Waals surface area contributed by atoms with Crippen molar-refractivity contribution in [2.24, 2.45) is 0 Å². The van der Waals surface area contributed by atoms with E-state index in [0.717, 1.165) is 30.0 Å². The molecule has 0 spiro atoms. The Morgan fingerprint density at radius 1 is 1.20 bits per heavy atom. The Morgan fingerprint density at radius 2 is 1.88 bits per heavy atom. The summed E-state index contributed by atoms with van der Waals surface area (Å²) in [5.74, 6) is -2.15. The van der Waals surface area contributed by atoms with Crippen LogP contribution in [-0.2, 0) is 15.7 Å². The molecule has 0 bridgehead atoms. The van der Waals surface area contributed by atoms with Crippen molar-refractivity contribution < 1.29 is 31.5 Å². The first kappa shape index (κ1) is 29.1. The lowest BCUT2D eigenvalue weighted by Gasteiger charge is -2.45. The Hall–Kier alpha value is -3.45. The van der Waals surface area contributed by atoms with Gasteiger partial charge in [0.15, 0.2) is 0 Å². The van der Waals surface area contributed by atoms with E-state index in [4.69, 9.17) is 4.74 Å². The molecule has 0 saturated carbocycles. The number of alkyl halides is 3. The lowest BCUT2D eigenvalue weighted by atomic mass is 9.95. The van der Waals surface area contributed by atoms with Crippen molar-refractivity contribution in [1.82, 2.24) is 14.5 Å². The molecule has 1 unspecified atom stereocenters. The van der Waals surface area contributed by atoms with E-state index in [1.54, 1.807) is 23.6 Å². The number of benzene rings is 2. The molecule has 1 fully saturated rings. The molecule has 0 radical (unpaired) electrons. The molecule has 3 aromatic rings. The maximum Gasteiger partial charge on any atom is 0.417 e. The maximum atomic E-state index is 15.0. The van der Waals surface area contributed by atoms with Gasteiger partial charge < -0.3 is 14.5 Å². The number of aromatic nitrogens is 2. The minimum absolute atomic E-state index is 0.0437. The molecule has 2 aliphatic rings. The van der Waals surface area contributed by atoms with Crippen molar-refractivity contribution in [2.75, 3.05) is 37.5 Å². The third kappa shape index (κ3) is 4.99. The van der Waals surface area contributed by atoms with Crippen molar-refractivity contribution in [3.05, 3.63) is 64.6 Å². The number of hydrogen-bond acceptors (Lipinski definition) is 6. The van der Waals surface area contributed by atoms with Crippen LogP contribution in [0, 0.1) is 11.6 Å². The van der Waals surface area contributed by atoms with Crippen LogP contribution in [-0.4, -0.2) is 65.0 Å². The number of nitrogens with zero attached hydrogens (tertiary/aromatic N) is 4. The van der Waals surface area contributed by atoms with Gasteiger partial charge in [-0.2, -0.15) is 18.2 Å². The molecule has 3 heterocycles. The topological polar surface area (TPSA) is 67.7 Å². The van der Waals surface area contributed by atoms with Crippen LogP contribution in [0.1, 0.15) is 25.5 Å². The first-order valence-corrected chi connectivity index (χ1v) is 13.8. The summed E-state index contributed by atoms with van der Waals surface area (Å²) in [6.45, 7) is 7.63. The lowest BCUT2D eigenvalue weighted by Crippen LogP contribution is -2.58. The van der Waals surface area contributed by atoms with Crippen LogP contribution in [0.5, 0.6) is 0 Å². The summed E-state index contributed by atoms with van der Waals surface area (Å²) in [6.07, 6.45) is -3.71. The van der Waals surface area contributed by atoms with Crippen LogP contribution in [0.25, 0.3) is 22.0 Å². The van der Waals surface area contributed by atoms with Gasteiger partial charge in [0.25, 0.3) is 0 Å². The average molecular weight is 595 g/mol. The van der Waals surface area contributed by atoms with E-state index < -0.39 is 46.2 Å². The van der Waals surface area contributed by atoms with Gasteiger partial charge in [0.1, 0.15) is 17.5 Å². The highest BCUT2D eigenvalue weighted by molar-refractivity contribution is 7.99. The normalized spacial score (nSPS) is 20.9. The molecule has 3 atom stereocenters. The van der Waals surface area contributed by atoms with Crippen molar-refractivity contribution in [3.8, 4) is 11.1 Å². The summed E-state index contributed by atoms with van der Waals surface area (Å²) < 4.78 is 79.4. The van der Waals surface area contributed by atoms with E-state index in [2.05, 4.69) is 11.6 Å². The summed E-state index contributed by atoms with van der Waals surface area (Å²) in [5, 5.41) is 0.0643. The van der Waals surface area contributed by atoms with Gasteiger partial charge in [-0.1, -0.05) is 6.58 Å². The Balaban J connectivity index is 1.83. The fourth-order valence-electron chi connectivity index (χ4n) is 5.87. The molecule has 0 aliphatic carbocycles. The van der Waals surface area contributed by atoms with E-state index in [-0.39, 0.29) is 65.1 Å². The minimum atomic E-state index is -4.92. The number of methoxy groups -OCH3 is 1. The summed E-state index contributed by atoms with van der Waals surface area (Å²) in [5.41, 5.74) is -2.53. The lowest BCUT2D eigenvalue weighted by molar-refractivity contribution is -0.137. The monoisotopic (exact) mass is 594 g/mol. The number of halogens is 5. The number of anilines is 1. The largest absolute Gasteiger partial charge is 0.417 e. The van der Waals surface area contributed by atoms with Gasteiger partial charge in [-0.25, -0.2) is 13.6 Å². The third-order valence-electron chi connectivity index (χ3n) is 7.44. The summed E-state index contributed by atoms with van der Waals surface area (Å²) in [7, 11) is 1.45. The fourth-order valence-corrected chi connectivity index (χ4v) is 7.18. The van der Waals surface area contributed by atoms with E-state index in [1.807, 2.05) is 0 Å². The molecule has 2 aromatic carbocycles. The van der Waals surface area contributed by atoms with E-state index in [0.29, 0.717) is 6.07 Å². The first-order chi connectivity index (χ1) is 19.4. The molecule has 7 nitrogen and oxygen atoms in total. The van der Waals surface area contributed by atoms with Crippen molar-refractivity contribution >= 4 is 34.4 Å². The zero-order valence-corrected chi connectivity index (χ0v) is 23.3. The number of thioether (sulfide) groups is 1. The van der Waals surface area contributed by atoms with E-state index in [9.17, 15) is 27.2 Å². The highest BCUT2D eigenvalue weighted by atomic mass is 32.2. The number of rotatable bonds is 5. The zero-order chi connectivity index (χ0) is 29.8. The molecule has 1 aromatic heterocycles. The molecular weight excluding hydrogens is 567 g/mol. The van der Waals surface area contributed by atoms with Gasteiger partial charge in [-0.15, -0.1) is 11.8 Å². The van der Waals surface area contributed by atoms with Crippen molar-refractivity contribution in [3.63, 3.8) is 0 Å². The third-order valence-corrected chi connectivity index (χ3v) is 8.68. The van der Waals surface area contributed by atoms with Crippen LogP contribution in [0.3, 0.4) is 0 Å².